The number of rotatable bonds is 5. The second-order valence-corrected chi connectivity index (χ2v) is 7.48. The summed E-state index contributed by atoms with van der Waals surface area (Å²) in [4.78, 5) is 12.5. The quantitative estimate of drug-likeness (QED) is 0.517. The maximum atomic E-state index is 12.5. The van der Waals surface area contributed by atoms with E-state index in [1.807, 2.05) is 73.7 Å². The van der Waals surface area contributed by atoms with Crippen LogP contribution in [-0.4, -0.2) is 22.2 Å². The molecule has 1 heterocycles. The lowest BCUT2D eigenvalue weighted by Crippen LogP contribution is -2.30. The Kier molecular flexibility index (Phi) is 5.04. The maximum Gasteiger partial charge on any atom is 0.266 e. The van der Waals surface area contributed by atoms with Gasteiger partial charge in [-0.05, 0) is 25.3 Å². The molecule has 0 spiro atoms. The van der Waals surface area contributed by atoms with E-state index >= 15 is 0 Å². The maximum absolute atomic E-state index is 12.5. The van der Waals surface area contributed by atoms with Crippen LogP contribution in [0.25, 0.3) is 21.3 Å². The van der Waals surface area contributed by atoms with Gasteiger partial charge in [-0.25, -0.2) is 0 Å². The van der Waals surface area contributed by atoms with Gasteiger partial charge in [0.1, 0.15) is 10.8 Å². The summed E-state index contributed by atoms with van der Waals surface area (Å²) in [7, 11) is 0. The highest BCUT2D eigenvalue weighted by atomic mass is 32.1. The first-order chi connectivity index (χ1) is 13.6. The van der Waals surface area contributed by atoms with E-state index in [-0.39, 0.29) is 5.91 Å². The van der Waals surface area contributed by atoms with Crippen molar-refractivity contribution in [3.8, 4) is 16.3 Å². The average Bonchev–Trinajstić information content (AvgIpc) is 3.17. The molecule has 0 saturated carbocycles. The van der Waals surface area contributed by atoms with Gasteiger partial charge >= 0.3 is 0 Å². The van der Waals surface area contributed by atoms with Crippen molar-refractivity contribution in [3.05, 3.63) is 72.3 Å². The highest BCUT2D eigenvalue weighted by molar-refractivity contribution is 7.18. The monoisotopic (exact) mass is 389 g/mol. The third-order valence-corrected chi connectivity index (χ3v) is 5.26. The van der Waals surface area contributed by atoms with Crippen molar-refractivity contribution in [3.63, 3.8) is 0 Å². The number of ether oxygens (including phenoxy) is 1. The summed E-state index contributed by atoms with van der Waals surface area (Å²) in [5.74, 6) is 0.415. The van der Waals surface area contributed by atoms with Crippen LogP contribution in [0.2, 0.25) is 0 Å². The molecule has 1 amide bonds. The minimum absolute atomic E-state index is 0.264. The number of nitrogens with one attached hydrogen (secondary N) is 1. The Morgan fingerprint density at radius 1 is 1.00 bits per heavy atom. The van der Waals surface area contributed by atoms with Crippen molar-refractivity contribution in [2.45, 2.75) is 20.0 Å². The Morgan fingerprint density at radius 2 is 1.75 bits per heavy atom. The molecule has 1 atom stereocenters. The summed E-state index contributed by atoms with van der Waals surface area (Å²) in [6.07, 6.45) is -0.669. The molecule has 0 aliphatic carbocycles. The minimum Gasteiger partial charge on any atom is -0.480 e. The number of carbonyl (C=O) groups excluding carboxylic acids is 1. The molecule has 0 radical (unpaired) electrons. The summed E-state index contributed by atoms with van der Waals surface area (Å²) >= 11 is 1.34. The molecule has 1 N–H and O–H groups in total. The molecular formula is C22H19N3O2S. The third kappa shape index (κ3) is 3.87. The van der Waals surface area contributed by atoms with Crippen molar-refractivity contribution < 1.29 is 9.53 Å². The van der Waals surface area contributed by atoms with Crippen LogP contribution >= 0.6 is 11.3 Å². The van der Waals surface area contributed by atoms with Gasteiger partial charge in [-0.2, -0.15) is 0 Å². The molecule has 4 rings (SSSR count). The van der Waals surface area contributed by atoms with Crippen LogP contribution < -0.4 is 10.1 Å². The number of aryl methyl sites for hydroxylation is 1. The molecule has 0 bridgehead atoms. The van der Waals surface area contributed by atoms with E-state index < -0.39 is 6.10 Å². The van der Waals surface area contributed by atoms with Gasteiger partial charge in [-0.15, -0.1) is 10.2 Å². The second-order valence-electron chi connectivity index (χ2n) is 6.51. The Labute approximate surface area is 167 Å². The first-order valence-electron chi connectivity index (χ1n) is 8.96. The van der Waals surface area contributed by atoms with Crippen LogP contribution in [-0.2, 0) is 4.79 Å². The molecule has 5 nitrogen and oxygen atoms in total. The van der Waals surface area contributed by atoms with Crippen LogP contribution in [0.3, 0.4) is 0 Å². The Bertz CT molecular complexity index is 1120. The average molecular weight is 389 g/mol. The smallest absolute Gasteiger partial charge is 0.266 e. The molecule has 0 saturated heterocycles. The summed E-state index contributed by atoms with van der Waals surface area (Å²) < 4.78 is 5.91. The van der Waals surface area contributed by atoms with E-state index in [2.05, 4.69) is 15.5 Å². The molecule has 0 unspecified atom stereocenters. The van der Waals surface area contributed by atoms with Gasteiger partial charge in [-0.1, -0.05) is 77.6 Å². The molecule has 28 heavy (non-hydrogen) atoms. The topological polar surface area (TPSA) is 64.1 Å². The van der Waals surface area contributed by atoms with Crippen LogP contribution in [0, 0.1) is 6.92 Å². The number of hydrogen-bond donors (Lipinski definition) is 1. The summed E-state index contributed by atoms with van der Waals surface area (Å²) in [6, 6.07) is 21.8. The second kappa shape index (κ2) is 7.78. The lowest BCUT2D eigenvalue weighted by atomic mass is 10.1. The molecule has 3 aromatic carbocycles. The number of hydrogen-bond acceptors (Lipinski definition) is 5. The predicted molar refractivity (Wildman–Crippen MR) is 113 cm³/mol. The van der Waals surface area contributed by atoms with Crippen LogP contribution in [0.5, 0.6) is 5.75 Å². The van der Waals surface area contributed by atoms with Crippen molar-refractivity contribution in [1.82, 2.24) is 10.2 Å². The van der Waals surface area contributed by atoms with Crippen molar-refractivity contribution in [2.75, 3.05) is 5.32 Å². The lowest BCUT2D eigenvalue weighted by molar-refractivity contribution is -0.122. The van der Waals surface area contributed by atoms with Gasteiger partial charge < -0.3 is 4.74 Å². The largest absolute Gasteiger partial charge is 0.480 e. The fraction of sp³-hybridized carbons (Fsp3) is 0.136. The number of amides is 1. The lowest BCUT2D eigenvalue weighted by Gasteiger charge is -2.15. The third-order valence-electron chi connectivity index (χ3n) is 4.38. The van der Waals surface area contributed by atoms with E-state index in [0.717, 1.165) is 21.3 Å². The number of anilines is 1. The molecule has 0 aliphatic heterocycles. The normalized spacial score (nSPS) is 11.9. The molecule has 140 valence electrons. The van der Waals surface area contributed by atoms with E-state index in [4.69, 9.17) is 4.74 Å². The summed E-state index contributed by atoms with van der Waals surface area (Å²) in [5.41, 5.74) is 2.16. The zero-order valence-electron chi connectivity index (χ0n) is 15.5. The molecule has 1 aromatic heterocycles. The van der Waals surface area contributed by atoms with Crippen molar-refractivity contribution in [2.24, 2.45) is 0 Å². The highest BCUT2D eigenvalue weighted by Crippen LogP contribution is 2.28. The molecule has 4 aromatic rings. The Morgan fingerprint density at radius 3 is 2.57 bits per heavy atom. The SMILES string of the molecule is Cc1ccc(-c2nnc(NC(=O)[C@@H](C)Oc3cccc4ccccc34)s2)cc1. The van der Waals surface area contributed by atoms with Gasteiger partial charge in [0, 0.05) is 10.9 Å². The standard InChI is InChI=1S/C22H19N3O2S/c1-14-10-12-17(13-11-14)21-24-25-22(28-21)23-20(26)15(2)27-19-9-5-7-16-6-3-4-8-18(16)19/h3-13,15H,1-2H3,(H,23,25,26)/t15-/m1/s1. The number of carbonyl (C=O) groups is 1. The molecular weight excluding hydrogens is 370 g/mol. The van der Waals surface area contributed by atoms with E-state index in [1.165, 1.54) is 16.9 Å². The van der Waals surface area contributed by atoms with Crippen LogP contribution in [0.15, 0.2) is 66.7 Å². The first kappa shape index (κ1) is 18.1. The minimum atomic E-state index is -0.669. The van der Waals surface area contributed by atoms with Gasteiger partial charge in [0.2, 0.25) is 5.13 Å². The van der Waals surface area contributed by atoms with E-state index in [1.54, 1.807) is 6.92 Å². The summed E-state index contributed by atoms with van der Waals surface area (Å²) in [5, 5.41) is 14.3. The fourth-order valence-electron chi connectivity index (χ4n) is 2.84. The van der Waals surface area contributed by atoms with Gasteiger partial charge in [0.25, 0.3) is 5.91 Å². The predicted octanol–water partition coefficient (Wildman–Crippen LogP) is 5.07. The van der Waals surface area contributed by atoms with Crippen LogP contribution in [0.1, 0.15) is 12.5 Å². The van der Waals surface area contributed by atoms with Gasteiger partial charge in [-0.3, -0.25) is 10.1 Å². The Hall–Kier alpha value is -3.25. The van der Waals surface area contributed by atoms with Gasteiger partial charge in [0.05, 0.1) is 0 Å². The number of benzene rings is 3. The number of aromatic nitrogens is 2. The summed E-state index contributed by atoms with van der Waals surface area (Å²) in [6.45, 7) is 3.76. The van der Waals surface area contributed by atoms with Gasteiger partial charge in [0.15, 0.2) is 6.10 Å². The van der Waals surface area contributed by atoms with Crippen LogP contribution in [0.4, 0.5) is 5.13 Å². The molecule has 6 heteroatoms. The molecule has 0 fully saturated rings. The number of nitrogens with zero attached hydrogens (tertiary/aromatic N) is 2. The number of fused-ring (bicyclic) bond motifs is 1. The highest BCUT2D eigenvalue weighted by Gasteiger charge is 2.18. The van der Waals surface area contributed by atoms with E-state index in [0.29, 0.717) is 10.9 Å². The van der Waals surface area contributed by atoms with Crippen molar-refractivity contribution in [1.29, 1.82) is 0 Å². The first-order valence-corrected chi connectivity index (χ1v) is 9.77. The van der Waals surface area contributed by atoms with Crippen molar-refractivity contribution >= 4 is 33.1 Å². The Balaban J connectivity index is 1.45. The van der Waals surface area contributed by atoms with E-state index in [9.17, 15) is 4.79 Å². The zero-order chi connectivity index (χ0) is 19.5. The molecule has 0 aliphatic rings. The fourth-order valence-corrected chi connectivity index (χ4v) is 3.59. The zero-order valence-corrected chi connectivity index (χ0v) is 16.4.